The van der Waals surface area contributed by atoms with Crippen LogP contribution >= 0.6 is 15.9 Å². The van der Waals surface area contributed by atoms with Gasteiger partial charge in [0.2, 0.25) is 0 Å². The molecule has 2 saturated heterocycles. The Morgan fingerprint density at radius 3 is 3.05 bits per heavy atom. The van der Waals surface area contributed by atoms with Crippen molar-refractivity contribution in [2.24, 2.45) is 5.92 Å². The van der Waals surface area contributed by atoms with E-state index in [1.54, 1.807) is 7.11 Å². The molecule has 1 aromatic rings. The predicted octanol–water partition coefficient (Wildman–Crippen LogP) is 3.10. The van der Waals surface area contributed by atoms with Gasteiger partial charge >= 0.3 is 0 Å². The minimum atomic E-state index is 0.614. The normalized spacial score (nSPS) is 29.5. The van der Waals surface area contributed by atoms with Gasteiger partial charge in [-0.25, -0.2) is 0 Å². The summed E-state index contributed by atoms with van der Waals surface area (Å²) < 4.78 is 6.45. The number of rotatable bonds is 4. The number of halogens is 1. The SMILES string of the molecule is COCc1c(Br)cccc1NC1CCN2CCC1C2. The lowest BCUT2D eigenvalue weighted by atomic mass is 9.93. The third kappa shape index (κ3) is 2.81. The fraction of sp³-hybridized carbons (Fsp3) is 0.600. The highest BCUT2D eigenvalue weighted by Gasteiger charge is 2.34. The molecule has 2 bridgehead atoms. The van der Waals surface area contributed by atoms with Crippen LogP contribution in [0.25, 0.3) is 0 Å². The van der Waals surface area contributed by atoms with Crippen LogP contribution in [0.5, 0.6) is 0 Å². The molecule has 2 fully saturated rings. The maximum atomic E-state index is 5.32. The maximum absolute atomic E-state index is 5.32. The van der Waals surface area contributed by atoms with Crippen molar-refractivity contribution in [1.82, 2.24) is 4.90 Å². The summed E-state index contributed by atoms with van der Waals surface area (Å²) in [6.45, 7) is 4.44. The average molecular weight is 325 g/mol. The van der Waals surface area contributed by atoms with Crippen LogP contribution in [0.2, 0.25) is 0 Å². The zero-order valence-corrected chi connectivity index (χ0v) is 12.9. The molecule has 1 aromatic carbocycles. The fourth-order valence-corrected chi connectivity index (χ4v) is 3.81. The van der Waals surface area contributed by atoms with Crippen LogP contribution in [-0.2, 0) is 11.3 Å². The summed E-state index contributed by atoms with van der Waals surface area (Å²) in [4.78, 5) is 2.58. The smallest absolute Gasteiger partial charge is 0.0744 e. The van der Waals surface area contributed by atoms with Gasteiger partial charge in [-0.15, -0.1) is 0 Å². The lowest BCUT2D eigenvalue weighted by Gasteiger charge is -2.32. The van der Waals surface area contributed by atoms with Crippen molar-refractivity contribution in [1.29, 1.82) is 0 Å². The van der Waals surface area contributed by atoms with Crippen LogP contribution in [0, 0.1) is 5.92 Å². The Labute approximate surface area is 123 Å². The Balaban J connectivity index is 1.77. The summed E-state index contributed by atoms with van der Waals surface area (Å²) in [5, 5.41) is 3.77. The molecule has 2 aliphatic heterocycles. The molecule has 4 heteroatoms. The second kappa shape index (κ2) is 5.81. The summed E-state index contributed by atoms with van der Waals surface area (Å²) in [5.41, 5.74) is 2.45. The Hall–Kier alpha value is -0.580. The van der Waals surface area contributed by atoms with Crippen molar-refractivity contribution in [3.63, 3.8) is 0 Å². The molecule has 104 valence electrons. The fourth-order valence-electron chi connectivity index (χ4n) is 3.33. The predicted molar refractivity (Wildman–Crippen MR) is 81.4 cm³/mol. The van der Waals surface area contributed by atoms with E-state index in [0.29, 0.717) is 12.6 Å². The summed E-state index contributed by atoms with van der Waals surface area (Å²) in [6.07, 6.45) is 2.59. The van der Waals surface area contributed by atoms with Crippen LogP contribution in [0.15, 0.2) is 22.7 Å². The van der Waals surface area contributed by atoms with Crippen molar-refractivity contribution in [2.75, 3.05) is 32.1 Å². The molecule has 0 spiro atoms. The molecule has 0 aromatic heterocycles. The highest BCUT2D eigenvalue weighted by molar-refractivity contribution is 9.10. The van der Waals surface area contributed by atoms with Gasteiger partial charge in [-0.3, -0.25) is 0 Å². The Morgan fingerprint density at radius 2 is 2.21 bits per heavy atom. The van der Waals surface area contributed by atoms with Gasteiger partial charge < -0.3 is 15.0 Å². The molecule has 0 radical (unpaired) electrons. The van der Waals surface area contributed by atoms with Gasteiger partial charge in [0.1, 0.15) is 0 Å². The maximum Gasteiger partial charge on any atom is 0.0744 e. The van der Waals surface area contributed by atoms with Crippen molar-refractivity contribution in [3.8, 4) is 0 Å². The summed E-state index contributed by atoms with van der Waals surface area (Å²) >= 11 is 3.63. The quantitative estimate of drug-likeness (QED) is 0.921. The first-order valence-corrected chi connectivity index (χ1v) is 7.82. The van der Waals surface area contributed by atoms with Crippen LogP contribution in [0.4, 0.5) is 5.69 Å². The van der Waals surface area contributed by atoms with Gasteiger partial charge in [-0.2, -0.15) is 0 Å². The Kier molecular flexibility index (Phi) is 4.10. The molecule has 1 N–H and O–H groups in total. The van der Waals surface area contributed by atoms with E-state index in [2.05, 4.69) is 44.3 Å². The second-order valence-corrected chi connectivity index (χ2v) is 6.44. The van der Waals surface area contributed by atoms with Gasteiger partial charge in [0, 0.05) is 42.0 Å². The number of methoxy groups -OCH3 is 1. The van der Waals surface area contributed by atoms with Gasteiger partial charge in [-0.1, -0.05) is 22.0 Å². The molecular weight excluding hydrogens is 304 g/mol. The first kappa shape index (κ1) is 13.4. The number of anilines is 1. The number of fused-ring (bicyclic) bond motifs is 2. The Morgan fingerprint density at radius 1 is 1.37 bits per heavy atom. The molecule has 0 saturated carbocycles. The van der Waals surface area contributed by atoms with Crippen LogP contribution in [-0.4, -0.2) is 37.7 Å². The van der Waals surface area contributed by atoms with E-state index in [9.17, 15) is 0 Å². The second-order valence-electron chi connectivity index (χ2n) is 5.59. The van der Waals surface area contributed by atoms with Crippen LogP contribution < -0.4 is 5.32 Å². The number of ether oxygens (including phenoxy) is 1. The van der Waals surface area contributed by atoms with E-state index in [0.717, 1.165) is 10.4 Å². The molecular formula is C15H21BrN2O. The number of piperidine rings is 1. The molecule has 3 rings (SSSR count). The minimum Gasteiger partial charge on any atom is -0.382 e. The molecule has 0 aliphatic carbocycles. The van der Waals surface area contributed by atoms with Gasteiger partial charge in [0.25, 0.3) is 0 Å². The van der Waals surface area contributed by atoms with Crippen LogP contribution in [0.1, 0.15) is 18.4 Å². The third-order valence-electron chi connectivity index (χ3n) is 4.38. The van der Waals surface area contributed by atoms with Gasteiger partial charge in [-0.05, 0) is 37.4 Å². The number of hydrogen-bond acceptors (Lipinski definition) is 3. The molecule has 2 aliphatic rings. The summed E-state index contributed by atoms with van der Waals surface area (Å²) in [7, 11) is 1.75. The zero-order valence-electron chi connectivity index (χ0n) is 11.4. The number of hydrogen-bond donors (Lipinski definition) is 1. The van der Waals surface area contributed by atoms with Gasteiger partial charge in [0.15, 0.2) is 0 Å². The summed E-state index contributed by atoms with van der Waals surface area (Å²) in [5.74, 6) is 0.808. The van der Waals surface area contributed by atoms with Crippen molar-refractivity contribution in [2.45, 2.75) is 25.5 Å². The zero-order chi connectivity index (χ0) is 13.2. The van der Waals surface area contributed by atoms with Crippen molar-refractivity contribution < 1.29 is 4.74 Å². The molecule has 19 heavy (non-hydrogen) atoms. The van der Waals surface area contributed by atoms with E-state index in [1.165, 1.54) is 43.7 Å². The number of benzene rings is 1. The van der Waals surface area contributed by atoms with Crippen LogP contribution in [0.3, 0.4) is 0 Å². The van der Waals surface area contributed by atoms with E-state index < -0.39 is 0 Å². The monoisotopic (exact) mass is 324 g/mol. The molecule has 3 atom stereocenters. The van der Waals surface area contributed by atoms with Crippen molar-refractivity contribution in [3.05, 3.63) is 28.2 Å². The largest absolute Gasteiger partial charge is 0.382 e. The Bertz CT molecular complexity index is 452. The first-order valence-electron chi connectivity index (χ1n) is 7.03. The van der Waals surface area contributed by atoms with E-state index in [1.807, 2.05) is 0 Å². The molecule has 0 amide bonds. The topological polar surface area (TPSA) is 24.5 Å². The molecule has 2 heterocycles. The minimum absolute atomic E-state index is 0.614. The lowest BCUT2D eigenvalue weighted by molar-refractivity contribution is 0.184. The first-order chi connectivity index (χ1) is 9.28. The lowest BCUT2D eigenvalue weighted by Crippen LogP contribution is -2.39. The van der Waals surface area contributed by atoms with E-state index in [-0.39, 0.29) is 0 Å². The van der Waals surface area contributed by atoms with E-state index in [4.69, 9.17) is 4.74 Å². The standard InChI is InChI=1S/C15H21BrN2O/c1-19-10-12-13(16)3-2-4-15(12)17-14-6-8-18-7-5-11(14)9-18/h2-4,11,14,17H,5-10H2,1H3. The third-order valence-corrected chi connectivity index (χ3v) is 5.13. The highest BCUT2D eigenvalue weighted by atomic mass is 79.9. The van der Waals surface area contributed by atoms with Crippen molar-refractivity contribution >= 4 is 21.6 Å². The van der Waals surface area contributed by atoms with E-state index >= 15 is 0 Å². The highest BCUT2D eigenvalue weighted by Crippen LogP contribution is 2.32. The number of nitrogens with one attached hydrogen (secondary N) is 1. The van der Waals surface area contributed by atoms with Gasteiger partial charge in [0.05, 0.1) is 6.61 Å². The average Bonchev–Trinajstić information content (AvgIpc) is 2.80. The molecule has 3 nitrogen and oxygen atoms in total. The number of nitrogens with zero attached hydrogens (tertiary/aromatic N) is 1. The summed E-state index contributed by atoms with van der Waals surface area (Å²) in [6, 6.07) is 6.96. The molecule has 3 unspecified atom stereocenters.